The molecule has 0 aliphatic rings. The lowest BCUT2D eigenvalue weighted by Gasteiger charge is -2.07. The average Bonchev–Trinajstić information content (AvgIpc) is 2.00. The van der Waals surface area contributed by atoms with Gasteiger partial charge in [-0.05, 0) is 0 Å². The molecule has 4 N–H and O–H groups in total. The fraction of sp³-hybridized carbons (Fsp3) is 0.500. The highest BCUT2D eigenvalue weighted by molar-refractivity contribution is 5.82. The van der Waals surface area contributed by atoms with Crippen molar-refractivity contribution in [2.75, 3.05) is 0 Å². The first kappa shape index (κ1) is 6.97. The van der Waals surface area contributed by atoms with Gasteiger partial charge in [-0.25, -0.2) is 9.59 Å². The number of hydrogen-bond donors (Lipinski definition) is 4. The fourth-order valence-electron chi connectivity index (χ4n) is 0.264. The third-order valence-corrected chi connectivity index (χ3v) is 0.794. The lowest BCUT2D eigenvalue weighted by molar-refractivity contribution is -0.165. The number of carbonyl (C=O) groups is 2. The van der Waals surface area contributed by atoms with Crippen molar-refractivity contribution in [1.29, 1.82) is 1.43 Å². The van der Waals surface area contributed by atoms with Gasteiger partial charge in [0.2, 0.25) is 0 Å². The molecule has 0 aromatic carbocycles. The Balaban J connectivity index is 4.12. The van der Waals surface area contributed by atoms with Crippen molar-refractivity contribution in [1.82, 2.24) is 0 Å². The van der Waals surface area contributed by atoms with E-state index in [0.717, 1.165) is 0 Å². The molecule has 0 saturated heterocycles. The monoisotopic (exact) mass is 151 g/mol. The van der Waals surface area contributed by atoms with Crippen molar-refractivity contribution < 1.29 is 30.0 Å². The van der Waals surface area contributed by atoms with E-state index in [1.54, 1.807) is 0 Å². The van der Waals surface area contributed by atoms with E-state index in [4.69, 9.17) is 16.8 Å². The number of aliphatic carboxylic acids is 2. The normalized spacial score (nSPS) is 16.8. The Bertz CT molecular complexity index is 168. The quantitative estimate of drug-likeness (QED) is 0.366. The molecule has 0 bridgehead atoms. The Morgan fingerprint density at radius 1 is 1.20 bits per heavy atom. The Kier molecular flexibility index (Phi) is 2.19. The van der Waals surface area contributed by atoms with Crippen LogP contribution in [0.4, 0.5) is 0 Å². The maximum atomic E-state index is 10.2. The van der Waals surface area contributed by atoms with Crippen molar-refractivity contribution in [3.63, 3.8) is 0 Å². The average molecular weight is 151 g/mol. The minimum Gasteiger partial charge on any atom is -0.479 e. The van der Waals surface area contributed by atoms with Gasteiger partial charge in [0.25, 0.3) is 1.43 Å². The van der Waals surface area contributed by atoms with Crippen LogP contribution in [0.25, 0.3) is 1.43 Å². The van der Waals surface area contributed by atoms with Gasteiger partial charge in [-0.2, -0.15) is 0 Å². The molecule has 10 heavy (non-hydrogen) atoms. The standard InChI is InChI=1S/C4H6O6/c5-1(3(7)8)2(6)4(9)10/h1-2,5-6H,(H,7,8)(H,9,10)/i/hD. The highest BCUT2D eigenvalue weighted by atomic mass is 16.4. The number of rotatable bonds is 3. The molecule has 6 nitrogen and oxygen atoms in total. The molecular weight excluding hydrogens is 144 g/mol. The molecule has 0 spiro atoms. The second-order valence-electron chi connectivity index (χ2n) is 1.55. The summed E-state index contributed by atoms with van der Waals surface area (Å²) in [5.41, 5.74) is 0. The van der Waals surface area contributed by atoms with Gasteiger partial charge >= 0.3 is 11.9 Å². The van der Waals surface area contributed by atoms with E-state index < -0.39 is 24.1 Å². The van der Waals surface area contributed by atoms with Crippen LogP contribution in [0.5, 0.6) is 0 Å². The molecule has 0 saturated carbocycles. The summed E-state index contributed by atoms with van der Waals surface area (Å²) < 4.78 is 5.96. The van der Waals surface area contributed by atoms with Gasteiger partial charge in [0.15, 0.2) is 12.2 Å². The summed E-state index contributed by atoms with van der Waals surface area (Å²) in [7, 11) is 0. The van der Waals surface area contributed by atoms with Crippen molar-refractivity contribution in [2.24, 2.45) is 0 Å². The summed E-state index contributed by atoms with van der Waals surface area (Å²) in [4.78, 5) is 20.1. The van der Waals surface area contributed by atoms with Gasteiger partial charge < -0.3 is 20.4 Å². The number of aliphatic hydroxyl groups is 2. The van der Waals surface area contributed by atoms with Crippen LogP contribution >= 0.6 is 0 Å². The van der Waals surface area contributed by atoms with Gasteiger partial charge in [-0.3, -0.25) is 0 Å². The molecule has 6 heteroatoms. The van der Waals surface area contributed by atoms with Gasteiger partial charge in [0, 0.05) is 0 Å². The Hall–Kier alpha value is -1.14. The lowest BCUT2D eigenvalue weighted by Crippen LogP contribution is -2.39. The van der Waals surface area contributed by atoms with E-state index in [-0.39, 0.29) is 0 Å². The van der Waals surface area contributed by atoms with Crippen LogP contribution < -0.4 is 0 Å². The summed E-state index contributed by atoms with van der Waals surface area (Å²) in [6.07, 6.45) is -4.47. The molecule has 0 fully saturated rings. The SMILES string of the molecule is [2H]OC(=O)C(O)C(O)C(=O)O. The largest absolute Gasteiger partial charge is 0.479 e. The summed E-state index contributed by atoms with van der Waals surface area (Å²) in [5, 5.41) is 28.2. The third-order valence-electron chi connectivity index (χ3n) is 0.794. The molecule has 58 valence electrons. The van der Waals surface area contributed by atoms with Gasteiger partial charge in [0.05, 0.1) is 0 Å². The molecule has 0 aliphatic carbocycles. The van der Waals surface area contributed by atoms with Crippen LogP contribution in [0.1, 0.15) is 0 Å². The number of aliphatic hydroxyl groups excluding tert-OH is 2. The highest BCUT2D eigenvalue weighted by Crippen LogP contribution is 1.92. The Morgan fingerprint density at radius 3 is 1.90 bits per heavy atom. The second kappa shape index (κ2) is 3.14. The first-order chi connectivity index (χ1) is 5.00. The van der Waals surface area contributed by atoms with Crippen molar-refractivity contribution in [2.45, 2.75) is 12.2 Å². The van der Waals surface area contributed by atoms with Crippen LogP contribution in [0.15, 0.2) is 0 Å². The fourth-order valence-corrected chi connectivity index (χ4v) is 0.264. The topological polar surface area (TPSA) is 115 Å². The molecule has 0 radical (unpaired) electrons. The molecule has 0 amide bonds. The van der Waals surface area contributed by atoms with Crippen molar-refractivity contribution in [3.05, 3.63) is 0 Å². The number of carboxylic acids is 2. The molecule has 2 atom stereocenters. The maximum Gasteiger partial charge on any atom is 0.335 e. The molecule has 0 aromatic heterocycles. The zero-order chi connectivity index (χ0) is 9.02. The van der Waals surface area contributed by atoms with Crippen molar-refractivity contribution >= 4 is 11.9 Å². The Morgan fingerprint density at radius 2 is 1.60 bits per heavy atom. The number of carboxylic acid groups (broad SMARTS) is 2. The predicted octanol–water partition coefficient (Wildman–Crippen LogP) is -2.12. The molecule has 0 aromatic rings. The molecule has 0 heterocycles. The van der Waals surface area contributed by atoms with E-state index in [9.17, 15) is 9.59 Å². The zero-order valence-corrected chi connectivity index (χ0v) is 4.72. The first-order valence-electron chi connectivity index (χ1n) is 2.67. The van der Waals surface area contributed by atoms with E-state index in [1.807, 2.05) is 0 Å². The van der Waals surface area contributed by atoms with E-state index in [0.29, 0.717) is 0 Å². The highest BCUT2D eigenvalue weighted by Gasteiger charge is 2.29. The Labute approximate surface area is 56.8 Å². The zero-order valence-electron chi connectivity index (χ0n) is 5.72. The summed E-state index contributed by atoms with van der Waals surface area (Å²) >= 11 is 0. The molecule has 0 rings (SSSR count). The van der Waals surface area contributed by atoms with Crippen LogP contribution in [0.3, 0.4) is 0 Å². The van der Waals surface area contributed by atoms with Crippen LogP contribution in [0.2, 0.25) is 0 Å². The summed E-state index contributed by atoms with van der Waals surface area (Å²) in [6, 6.07) is 0. The summed E-state index contributed by atoms with van der Waals surface area (Å²) in [6.45, 7) is 0. The van der Waals surface area contributed by atoms with Crippen LogP contribution in [-0.2, 0) is 9.59 Å². The van der Waals surface area contributed by atoms with Gasteiger partial charge in [-0.1, -0.05) is 0 Å². The molecule has 0 aliphatic heterocycles. The number of hydrogen-bond acceptors (Lipinski definition) is 5. The van der Waals surface area contributed by atoms with E-state index in [1.165, 1.54) is 0 Å². The van der Waals surface area contributed by atoms with Gasteiger partial charge in [0.1, 0.15) is 0 Å². The van der Waals surface area contributed by atoms with Gasteiger partial charge in [-0.15, -0.1) is 0 Å². The van der Waals surface area contributed by atoms with E-state index >= 15 is 0 Å². The minimum absolute atomic E-state index is 1.51. The van der Waals surface area contributed by atoms with Crippen LogP contribution in [0, 0.1) is 0 Å². The predicted molar refractivity (Wildman–Crippen MR) is 27.3 cm³/mol. The lowest BCUT2D eigenvalue weighted by atomic mass is 10.2. The maximum absolute atomic E-state index is 10.2. The molecule has 2 unspecified atom stereocenters. The van der Waals surface area contributed by atoms with Crippen LogP contribution in [-0.4, -0.2) is 44.6 Å². The summed E-state index contributed by atoms with van der Waals surface area (Å²) in [5.74, 6) is -3.28. The molecular formula is C4H6O6. The second-order valence-corrected chi connectivity index (χ2v) is 1.55. The smallest absolute Gasteiger partial charge is 0.335 e. The first-order valence-corrected chi connectivity index (χ1v) is 2.26. The van der Waals surface area contributed by atoms with E-state index in [2.05, 4.69) is 5.11 Å². The van der Waals surface area contributed by atoms with Crippen molar-refractivity contribution in [3.8, 4) is 0 Å². The third kappa shape index (κ3) is 2.00. The minimum atomic E-state index is -2.26.